The molecule has 72 heavy (non-hydrogen) atoms. The van der Waals surface area contributed by atoms with Gasteiger partial charge in [0.25, 0.3) is 0 Å². The highest BCUT2D eigenvalue weighted by Gasteiger charge is 2.34. The van der Waals surface area contributed by atoms with E-state index < -0.39 is 0 Å². The number of ether oxygens (including phenoxy) is 1. The first-order valence-electron chi connectivity index (χ1n) is 24.7. The van der Waals surface area contributed by atoms with Gasteiger partial charge in [0.15, 0.2) is 0 Å². The van der Waals surface area contributed by atoms with Crippen molar-refractivity contribution in [2.45, 2.75) is 12.0 Å². The first kappa shape index (κ1) is 41.6. The van der Waals surface area contributed by atoms with E-state index in [0.717, 1.165) is 89.3 Å². The van der Waals surface area contributed by atoms with Crippen LogP contribution in [0.5, 0.6) is 5.75 Å². The van der Waals surface area contributed by atoms with Crippen molar-refractivity contribution < 1.29 is 9.15 Å². The zero-order valence-electron chi connectivity index (χ0n) is 39.3. The zero-order valence-corrected chi connectivity index (χ0v) is 39.3. The van der Waals surface area contributed by atoms with Crippen molar-refractivity contribution in [1.82, 2.24) is 4.57 Å². The van der Waals surface area contributed by atoms with Crippen LogP contribution in [0.25, 0.3) is 94.3 Å². The molecule has 0 amide bonds. The fourth-order valence-electron chi connectivity index (χ4n) is 11.2. The van der Waals surface area contributed by atoms with Crippen LogP contribution in [0, 0.1) is 0 Å². The molecule has 0 bridgehead atoms. The number of hydrogen-bond acceptors (Lipinski definition) is 3. The summed E-state index contributed by atoms with van der Waals surface area (Å²) in [7, 11) is 0. The van der Waals surface area contributed by atoms with E-state index in [-0.39, 0.29) is 12.0 Å². The minimum atomic E-state index is 0.0283. The van der Waals surface area contributed by atoms with E-state index in [4.69, 9.17) is 9.15 Å². The van der Waals surface area contributed by atoms with Gasteiger partial charge in [0, 0.05) is 67.1 Å². The van der Waals surface area contributed by atoms with E-state index in [2.05, 4.69) is 264 Å². The third-order valence-electron chi connectivity index (χ3n) is 14.6. The summed E-state index contributed by atoms with van der Waals surface area (Å²) in [5.74, 6) is 1.21. The van der Waals surface area contributed by atoms with Crippen LogP contribution in [0.3, 0.4) is 0 Å². The van der Waals surface area contributed by atoms with E-state index >= 15 is 0 Å². The number of nitrogens with zero attached hydrogens (tertiary/aromatic N) is 2. The second-order valence-corrected chi connectivity index (χ2v) is 18.7. The second-order valence-electron chi connectivity index (χ2n) is 18.7. The Hall–Kier alpha value is -9.38. The number of benzene rings is 10. The minimum absolute atomic E-state index is 0.0283. The van der Waals surface area contributed by atoms with Gasteiger partial charge in [-0.25, -0.2) is 0 Å². The first-order chi connectivity index (χ1) is 35.7. The van der Waals surface area contributed by atoms with E-state index in [0.29, 0.717) is 0 Å². The number of hydrogen-bond donors (Lipinski definition) is 0. The lowest BCUT2D eigenvalue weighted by molar-refractivity contribution is 0.270. The van der Waals surface area contributed by atoms with Gasteiger partial charge in [0.1, 0.15) is 23.0 Å². The molecule has 2 atom stereocenters. The molecule has 2 unspecified atom stereocenters. The molecule has 1 aliphatic heterocycles. The van der Waals surface area contributed by atoms with Crippen LogP contribution >= 0.6 is 0 Å². The molecule has 340 valence electrons. The maximum atomic E-state index is 6.60. The van der Waals surface area contributed by atoms with Crippen LogP contribution in [0.15, 0.2) is 271 Å². The van der Waals surface area contributed by atoms with Crippen molar-refractivity contribution in [3.63, 3.8) is 0 Å². The molecule has 0 N–H and O–H groups in total. The summed E-state index contributed by atoms with van der Waals surface area (Å²) < 4.78 is 15.5. The fourth-order valence-corrected chi connectivity index (χ4v) is 11.2. The van der Waals surface area contributed by atoms with Gasteiger partial charge in [-0.1, -0.05) is 194 Å². The highest BCUT2D eigenvalue weighted by Crippen LogP contribution is 2.48. The van der Waals surface area contributed by atoms with Crippen molar-refractivity contribution >= 4 is 49.9 Å². The molecule has 0 saturated heterocycles. The molecule has 14 rings (SSSR count). The number of rotatable bonds is 9. The smallest absolute Gasteiger partial charge is 0.143 e. The van der Waals surface area contributed by atoms with Gasteiger partial charge in [0.2, 0.25) is 0 Å². The number of aromatic nitrogens is 1. The second kappa shape index (κ2) is 17.2. The van der Waals surface area contributed by atoms with Crippen molar-refractivity contribution in [2.75, 3.05) is 4.90 Å². The lowest BCUT2D eigenvalue weighted by Crippen LogP contribution is -2.15. The molecule has 3 heterocycles. The third-order valence-corrected chi connectivity index (χ3v) is 14.6. The molecule has 0 radical (unpaired) electrons. The van der Waals surface area contributed by atoms with Crippen molar-refractivity contribution in [3.05, 3.63) is 273 Å². The van der Waals surface area contributed by atoms with Gasteiger partial charge in [-0.3, -0.25) is 0 Å². The van der Waals surface area contributed by atoms with Gasteiger partial charge in [-0.05, 0) is 106 Å². The SMILES string of the molecule is C1=CC2Oc3c(-c4ccc(N(c5ccc(-c6ccc7c(c6)c(-c6ccccc6)c(-c6ccccc6)n7-c6ccccc6)cc5)c5ccc(-c6cccc7c6oc6ccccc67)cc5)cc4)cccc3C2C=C1. The Morgan fingerprint density at radius 1 is 0.403 bits per heavy atom. The zero-order chi connectivity index (χ0) is 47.5. The topological polar surface area (TPSA) is 30.5 Å². The van der Waals surface area contributed by atoms with Crippen molar-refractivity contribution in [1.29, 1.82) is 0 Å². The van der Waals surface area contributed by atoms with Crippen molar-refractivity contribution in [3.8, 4) is 67.2 Å². The maximum absolute atomic E-state index is 6.60. The number of fused-ring (bicyclic) bond motifs is 7. The van der Waals surface area contributed by atoms with E-state index in [1.807, 2.05) is 12.1 Å². The summed E-state index contributed by atoms with van der Waals surface area (Å²) in [5.41, 5.74) is 19.9. The Labute approximate surface area is 418 Å². The molecule has 10 aromatic carbocycles. The van der Waals surface area contributed by atoms with E-state index in [1.165, 1.54) is 33.3 Å². The molecule has 0 saturated carbocycles. The van der Waals surface area contributed by atoms with Gasteiger partial charge < -0.3 is 18.6 Å². The predicted octanol–water partition coefficient (Wildman–Crippen LogP) is 18.3. The van der Waals surface area contributed by atoms with Crippen LogP contribution in [0.1, 0.15) is 11.5 Å². The first-order valence-corrected chi connectivity index (χ1v) is 24.7. The van der Waals surface area contributed by atoms with Crippen LogP contribution in [-0.4, -0.2) is 10.7 Å². The summed E-state index contributed by atoms with van der Waals surface area (Å²) in [6.45, 7) is 0. The standard InChI is InChI=1S/C68H46N2O2/c1-4-16-48(17-5-1)65-61-44-50(36-43-62(61)70(51-20-8-3-9-21-51)66(65)49-18-6-2-7-19-49)45-30-37-52(38-31-45)69(53-39-32-46(33-40-53)55-24-14-26-59-57-22-10-12-28-63(57)71-67(55)59)54-41-34-47(35-42-54)56-25-15-27-60-58-23-11-13-29-64(58)72-68(56)60/h1-44,57,63H. The van der Waals surface area contributed by atoms with Crippen LogP contribution in [-0.2, 0) is 0 Å². The summed E-state index contributed by atoms with van der Waals surface area (Å²) in [6.07, 6.45) is 8.65. The molecule has 4 heteroatoms. The largest absolute Gasteiger partial charge is 0.484 e. The summed E-state index contributed by atoms with van der Waals surface area (Å²) in [4.78, 5) is 2.35. The molecule has 2 aliphatic rings. The van der Waals surface area contributed by atoms with Gasteiger partial charge in [-0.15, -0.1) is 0 Å². The van der Waals surface area contributed by atoms with Crippen LogP contribution in [0.2, 0.25) is 0 Å². The van der Waals surface area contributed by atoms with Gasteiger partial charge in [-0.2, -0.15) is 0 Å². The Balaban J connectivity index is 0.872. The Kier molecular flexibility index (Phi) is 9.95. The van der Waals surface area contributed by atoms with Crippen molar-refractivity contribution in [2.24, 2.45) is 0 Å². The third kappa shape index (κ3) is 6.99. The fraction of sp³-hybridized carbons (Fsp3) is 0.0294. The van der Waals surface area contributed by atoms with Gasteiger partial charge in [0.05, 0.1) is 11.2 Å². The molecule has 4 nitrogen and oxygen atoms in total. The molecule has 12 aromatic rings. The highest BCUT2D eigenvalue weighted by atomic mass is 16.5. The Bertz CT molecular complexity index is 4040. The van der Waals surface area contributed by atoms with Gasteiger partial charge >= 0.3 is 0 Å². The lowest BCUT2D eigenvalue weighted by Gasteiger charge is -2.26. The monoisotopic (exact) mass is 922 g/mol. The normalized spacial score (nSPS) is 14.7. The average Bonchev–Trinajstić information content (AvgIpc) is 4.15. The lowest BCUT2D eigenvalue weighted by atomic mass is 9.90. The summed E-state index contributed by atoms with van der Waals surface area (Å²) in [6, 6.07) is 87.3. The quantitative estimate of drug-likeness (QED) is 0.145. The highest BCUT2D eigenvalue weighted by molar-refractivity contribution is 6.10. The summed E-state index contributed by atoms with van der Waals surface area (Å²) in [5, 5.41) is 3.45. The number of anilines is 3. The molecular formula is C68H46N2O2. The van der Waals surface area contributed by atoms with E-state index in [1.54, 1.807) is 0 Å². The Morgan fingerprint density at radius 3 is 1.69 bits per heavy atom. The predicted molar refractivity (Wildman–Crippen MR) is 298 cm³/mol. The molecule has 0 fully saturated rings. The molecular weight excluding hydrogens is 877 g/mol. The molecule has 2 aromatic heterocycles. The average molecular weight is 923 g/mol. The number of allylic oxidation sites excluding steroid dienone is 2. The molecule has 0 spiro atoms. The van der Waals surface area contributed by atoms with Crippen LogP contribution in [0.4, 0.5) is 17.1 Å². The van der Waals surface area contributed by atoms with Crippen LogP contribution < -0.4 is 9.64 Å². The number of para-hydroxylation sites is 4. The maximum Gasteiger partial charge on any atom is 0.143 e. The molecule has 1 aliphatic carbocycles. The Morgan fingerprint density at radius 2 is 0.972 bits per heavy atom. The minimum Gasteiger partial charge on any atom is -0.484 e. The number of furan rings is 1. The van der Waals surface area contributed by atoms with E-state index in [9.17, 15) is 0 Å². The summed E-state index contributed by atoms with van der Waals surface area (Å²) >= 11 is 0.